The highest BCUT2D eigenvalue weighted by molar-refractivity contribution is 7.17. The average Bonchev–Trinajstić information content (AvgIpc) is 3.11. The summed E-state index contributed by atoms with van der Waals surface area (Å²) in [6, 6.07) is 16.2. The first-order valence-corrected chi connectivity index (χ1v) is 9.52. The first-order chi connectivity index (χ1) is 14.0. The summed E-state index contributed by atoms with van der Waals surface area (Å²) >= 11 is 1.25. The standard InChI is InChI=1S/C21H15FN4O2S/c1-12-19(29-21(23-12)13-5-7-15(22)8-6-13)20(28)24-16-4-2-3-14(11-16)17-9-10-18(27)26-25-17/h2-11H,1H3,(H,24,28)(H,26,27). The molecule has 0 aliphatic heterocycles. The highest BCUT2D eigenvalue weighted by Gasteiger charge is 2.17. The number of thiazole rings is 1. The molecule has 0 spiro atoms. The van der Waals surface area contributed by atoms with E-state index in [0.29, 0.717) is 27.0 Å². The molecule has 2 aromatic heterocycles. The van der Waals surface area contributed by atoms with Crippen LogP contribution >= 0.6 is 11.3 Å². The molecule has 2 N–H and O–H groups in total. The monoisotopic (exact) mass is 406 g/mol. The highest BCUT2D eigenvalue weighted by Crippen LogP contribution is 2.29. The zero-order valence-electron chi connectivity index (χ0n) is 15.3. The number of nitrogens with zero attached hydrogens (tertiary/aromatic N) is 2. The molecule has 0 saturated carbocycles. The Bertz CT molecular complexity index is 1230. The van der Waals surface area contributed by atoms with Crippen LogP contribution < -0.4 is 10.9 Å². The number of rotatable bonds is 4. The number of hydrogen-bond donors (Lipinski definition) is 2. The number of benzene rings is 2. The molecule has 0 bridgehead atoms. The van der Waals surface area contributed by atoms with Gasteiger partial charge in [-0.3, -0.25) is 9.59 Å². The Morgan fingerprint density at radius 1 is 1.07 bits per heavy atom. The van der Waals surface area contributed by atoms with Crippen molar-refractivity contribution in [2.75, 3.05) is 5.32 Å². The summed E-state index contributed by atoms with van der Waals surface area (Å²) in [4.78, 5) is 28.9. The molecular formula is C21H15FN4O2S. The van der Waals surface area contributed by atoms with E-state index in [2.05, 4.69) is 20.5 Å². The normalized spacial score (nSPS) is 10.7. The molecule has 0 atom stereocenters. The smallest absolute Gasteiger partial charge is 0.267 e. The van der Waals surface area contributed by atoms with Crippen molar-refractivity contribution in [2.24, 2.45) is 0 Å². The van der Waals surface area contributed by atoms with Gasteiger partial charge in [0, 0.05) is 22.9 Å². The second-order valence-electron chi connectivity index (χ2n) is 6.28. The Morgan fingerprint density at radius 2 is 1.86 bits per heavy atom. The van der Waals surface area contributed by atoms with Crippen molar-refractivity contribution in [2.45, 2.75) is 6.92 Å². The third kappa shape index (κ3) is 4.12. The molecule has 144 valence electrons. The zero-order valence-corrected chi connectivity index (χ0v) is 16.1. The molecule has 4 aromatic rings. The summed E-state index contributed by atoms with van der Waals surface area (Å²) in [5.41, 5.74) is 3.02. The van der Waals surface area contributed by atoms with Gasteiger partial charge >= 0.3 is 0 Å². The van der Waals surface area contributed by atoms with Gasteiger partial charge in [0.1, 0.15) is 15.7 Å². The minimum atomic E-state index is -0.322. The molecule has 4 rings (SSSR count). The molecule has 8 heteroatoms. The minimum absolute atomic E-state index is 0.278. The van der Waals surface area contributed by atoms with Gasteiger partial charge in [0.2, 0.25) is 0 Å². The number of carbonyl (C=O) groups excluding carboxylic acids is 1. The average molecular weight is 406 g/mol. The Morgan fingerprint density at radius 3 is 2.59 bits per heavy atom. The SMILES string of the molecule is Cc1nc(-c2ccc(F)cc2)sc1C(=O)Nc1cccc(-c2ccc(=O)[nH]n2)c1. The lowest BCUT2D eigenvalue weighted by molar-refractivity contribution is 0.103. The van der Waals surface area contributed by atoms with Crippen LogP contribution in [0, 0.1) is 12.7 Å². The van der Waals surface area contributed by atoms with Gasteiger partial charge in [-0.15, -0.1) is 11.3 Å². The Hall–Kier alpha value is -3.65. The summed E-state index contributed by atoms with van der Waals surface area (Å²) in [5.74, 6) is -0.600. The van der Waals surface area contributed by atoms with Gasteiger partial charge in [0.25, 0.3) is 11.5 Å². The largest absolute Gasteiger partial charge is 0.321 e. The Kier molecular flexibility index (Phi) is 5.01. The maximum atomic E-state index is 13.1. The number of nitrogens with one attached hydrogen (secondary N) is 2. The molecule has 0 unspecified atom stereocenters. The van der Waals surface area contributed by atoms with E-state index in [9.17, 15) is 14.0 Å². The van der Waals surface area contributed by atoms with E-state index >= 15 is 0 Å². The van der Waals surface area contributed by atoms with Gasteiger partial charge in [-0.1, -0.05) is 12.1 Å². The number of anilines is 1. The number of H-pyrrole nitrogens is 1. The lowest BCUT2D eigenvalue weighted by Gasteiger charge is -2.06. The van der Waals surface area contributed by atoms with Gasteiger partial charge < -0.3 is 5.32 Å². The van der Waals surface area contributed by atoms with Crippen molar-refractivity contribution in [3.63, 3.8) is 0 Å². The van der Waals surface area contributed by atoms with Crippen molar-refractivity contribution in [3.05, 3.63) is 87.4 Å². The van der Waals surface area contributed by atoms with E-state index < -0.39 is 0 Å². The zero-order chi connectivity index (χ0) is 20.4. The third-order valence-electron chi connectivity index (χ3n) is 4.19. The number of aryl methyl sites for hydroxylation is 1. The van der Waals surface area contributed by atoms with Gasteiger partial charge in [-0.25, -0.2) is 14.5 Å². The van der Waals surface area contributed by atoms with Crippen molar-refractivity contribution < 1.29 is 9.18 Å². The molecular weight excluding hydrogens is 391 g/mol. The van der Waals surface area contributed by atoms with Crippen molar-refractivity contribution in [1.29, 1.82) is 0 Å². The fourth-order valence-corrected chi connectivity index (χ4v) is 3.74. The first-order valence-electron chi connectivity index (χ1n) is 8.70. The van der Waals surface area contributed by atoms with Crippen molar-refractivity contribution in [3.8, 4) is 21.8 Å². The van der Waals surface area contributed by atoms with Gasteiger partial charge in [0.05, 0.1) is 11.4 Å². The molecule has 2 heterocycles. The predicted molar refractivity (Wildman–Crippen MR) is 110 cm³/mol. The van der Waals surface area contributed by atoms with Gasteiger partial charge in [-0.2, -0.15) is 5.10 Å². The number of amides is 1. The molecule has 0 saturated heterocycles. The maximum Gasteiger partial charge on any atom is 0.267 e. The number of aromatic amines is 1. The van der Waals surface area contributed by atoms with E-state index in [-0.39, 0.29) is 17.3 Å². The molecule has 0 fully saturated rings. The number of halogens is 1. The van der Waals surface area contributed by atoms with E-state index in [1.54, 1.807) is 43.3 Å². The maximum absolute atomic E-state index is 13.1. The molecule has 0 aliphatic carbocycles. The van der Waals surface area contributed by atoms with E-state index in [1.807, 2.05) is 6.07 Å². The molecule has 1 amide bonds. The van der Waals surface area contributed by atoms with Gasteiger partial charge in [-0.05, 0) is 49.4 Å². The van der Waals surface area contributed by atoms with Crippen LogP contribution in [0.5, 0.6) is 0 Å². The van der Waals surface area contributed by atoms with Crippen LogP contribution in [-0.4, -0.2) is 21.1 Å². The Labute approximate surface area is 169 Å². The number of hydrogen-bond acceptors (Lipinski definition) is 5. The molecule has 0 radical (unpaired) electrons. The van der Waals surface area contributed by atoms with E-state index in [0.717, 1.165) is 11.1 Å². The fraction of sp³-hybridized carbons (Fsp3) is 0.0476. The second-order valence-corrected chi connectivity index (χ2v) is 7.28. The summed E-state index contributed by atoms with van der Waals surface area (Å²) in [6.07, 6.45) is 0. The van der Waals surface area contributed by atoms with Crippen LogP contribution in [0.25, 0.3) is 21.8 Å². The lowest BCUT2D eigenvalue weighted by Crippen LogP contribution is -2.11. The highest BCUT2D eigenvalue weighted by atomic mass is 32.1. The lowest BCUT2D eigenvalue weighted by atomic mass is 10.1. The van der Waals surface area contributed by atoms with Crippen LogP contribution in [0.3, 0.4) is 0 Å². The predicted octanol–water partition coefficient (Wildman–Crippen LogP) is 4.26. The molecule has 2 aromatic carbocycles. The van der Waals surface area contributed by atoms with Crippen LogP contribution in [0.2, 0.25) is 0 Å². The second kappa shape index (κ2) is 7.76. The van der Waals surface area contributed by atoms with Crippen LogP contribution in [0.4, 0.5) is 10.1 Å². The number of aromatic nitrogens is 3. The fourth-order valence-electron chi connectivity index (χ4n) is 2.77. The summed E-state index contributed by atoms with van der Waals surface area (Å²) in [5, 5.41) is 9.91. The van der Waals surface area contributed by atoms with Crippen LogP contribution in [0.15, 0.2) is 65.5 Å². The molecule has 29 heavy (non-hydrogen) atoms. The summed E-state index contributed by atoms with van der Waals surface area (Å²) < 4.78 is 13.1. The quantitative estimate of drug-likeness (QED) is 0.530. The molecule has 0 aliphatic rings. The van der Waals surface area contributed by atoms with Crippen LogP contribution in [-0.2, 0) is 0 Å². The molecule has 6 nitrogen and oxygen atoms in total. The summed E-state index contributed by atoms with van der Waals surface area (Å²) in [7, 11) is 0. The number of carbonyl (C=O) groups is 1. The minimum Gasteiger partial charge on any atom is -0.321 e. The summed E-state index contributed by atoms with van der Waals surface area (Å²) in [6.45, 7) is 1.76. The Balaban J connectivity index is 1.57. The van der Waals surface area contributed by atoms with E-state index in [4.69, 9.17) is 0 Å². The third-order valence-corrected chi connectivity index (χ3v) is 5.39. The van der Waals surface area contributed by atoms with E-state index in [1.165, 1.54) is 29.5 Å². The topological polar surface area (TPSA) is 87.7 Å². The van der Waals surface area contributed by atoms with Crippen molar-refractivity contribution >= 4 is 22.9 Å². The van der Waals surface area contributed by atoms with Gasteiger partial charge in [0.15, 0.2) is 0 Å². The first kappa shape index (κ1) is 18.7. The van der Waals surface area contributed by atoms with Crippen molar-refractivity contribution in [1.82, 2.24) is 15.2 Å². The van der Waals surface area contributed by atoms with Crippen LogP contribution in [0.1, 0.15) is 15.4 Å².